The number of thioether (sulfide) groups is 1. The van der Waals surface area contributed by atoms with E-state index >= 15 is 0 Å². The van der Waals surface area contributed by atoms with Crippen LogP contribution in [0.1, 0.15) is 22.8 Å². The van der Waals surface area contributed by atoms with E-state index in [0.29, 0.717) is 22.8 Å². The third-order valence-corrected chi connectivity index (χ3v) is 4.64. The molecule has 0 heterocycles. The zero-order chi connectivity index (χ0) is 27.1. The molecule has 0 bridgehead atoms. The molecule has 0 fully saturated rings. The first-order valence-electron chi connectivity index (χ1n) is 10.8. The number of aliphatic hydroxyl groups is 1. The van der Waals surface area contributed by atoms with Crippen molar-refractivity contribution in [2.24, 2.45) is 4.99 Å². The molecular weight excluding hydrogens is 482 g/mol. The highest BCUT2D eigenvalue weighted by molar-refractivity contribution is 7.97. The molecule has 3 aromatic rings. The molecule has 0 aliphatic rings. The van der Waals surface area contributed by atoms with Gasteiger partial charge < -0.3 is 15.2 Å². The van der Waals surface area contributed by atoms with Crippen LogP contribution in [0.25, 0.3) is 10.8 Å². The van der Waals surface area contributed by atoms with Crippen molar-refractivity contribution < 1.29 is 23.4 Å². The van der Waals surface area contributed by atoms with Crippen LogP contribution in [-0.2, 0) is 5.92 Å². The summed E-state index contributed by atoms with van der Waals surface area (Å²) in [5.41, 5.74) is 1.01. The Morgan fingerprint density at radius 2 is 1.78 bits per heavy atom. The van der Waals surface area contributed by atoms with Crippen LogP contribution in [0.3, 0.4) is 0 Å². The van der Waals surface area contributed by atoms with Crippen molar-refractivity contribution in [2.75, 3.05) is 26.2 Å². The number of fused-ring (bicyclic) bond motifs is 1. The van der Waals surface area contributed by atoms with Gasteiger partial charge >= 0.3 is 0 Å². The van der Waals surface area contributed by atoms with Crippen LogP contribution in [0.4, 0.5) is 8.78 Å². The van der Waals surface area contributed by atoms with E-state index in [0.717, 1.165) is 24.8 Å². The molecule has 3 rings (SSSR count). The van der Waals surface area contributed by atoms with Gasteiger partial charge in [-0.15, -0.1) is 0 Å². The number of hydrogen-bond acceptors (Lipinski definition) is 5. The van der Waals surface area contributed by atoms with Crippen LogP contribution >= 0.6 is 11.8 Å². The van der Waals surface area contributed by atoms with E-state index in [9.17, 15) is 13.6 Å². The maximum Gasteiger partial charge on any atom is 0.270 e. The van der Waals surface area contributed by atoms with E-state index < -0.39 is 5.92 Å². The van der Waals surface area contributed by atoms with E-state index in [2.05, 4.69) is 23.6 Å². The lowest BCUT2D eigenvalue weighted by molar-refractivity contribution is 0.0174. The Bertz CT molecular complexity index is 1170. The van der Waals surface area contributed by atoms with Gasteiger partial charge in [0.25, 0.3) is 11.8 Å². The van der Waals surface area contributed by atoms with Crippen LogP contribution in [0.2, 0.25) is 0 Å². The Balaban J connectivity index is 0.00000120. The lowest BCUT2D eigenvalue weighted by Gasteiger charge is -2.13. The molecule has 192 valence electrons. The molecule has 1 amide bonds. The first-order valence-corrected chi connectivity index (χ1v) is 12.5. The third kappa shape index (κ3) is 9.28. The number of aliphatic imine (C=N–C) groups is 1. The summed E-state index contributed by atoms with van der Waals surface area (Å²) in [6.07, 6.45) is 7.33. The highest BCUT2D eigenvalue weighted by Crippen LogP contribution is 2.33. The normalized spacial score (nSPS) is 10.8. The number of aliphatic hydroxyl groups excluding tert-OH is 1. The zero-order valence-corrected chi connectivity index (χ0v) is 21.7. The molecule has 0 unspecified atom stereocenters. The van der Waals surface area contributed by atoms with Crippen molar-refractivity contribution >= 4 is 35.2 Å². The number of benzene rings is 3. The van der Waals surface area contributed by atoms with Crippen LogP contribution in [-0.4, -0.2) is 43.9 Å². The topological polar surface area (TPSA) is 70.9 Å². The number of carbonyl (C=O) groups excluding carboxylic acids is 1. The standard InChI is InChI=1S/C25H22F2N2O2.C2H6S.CH4O/c1-4-6-20(28-3)16-29-24(30)18-9-14-22-17(15-18)7-5-8-23(22)31-21-12-10-19(11-13-21)25(2,26)27;1-3-2;1-2/h4-15H,1,3,16H2,2H3,(H,29,30);1-2H3;2H,1H3/b20-6-;;. The van der Waals surface area contributed by atoms with Crippen molar-refractivity contribution in [3.05, 3.63) is 96.2 Å². The van der Waals surface area contributed by atoms with Gasteiger partial charge in [0.15, 0.2) is 0 Å². The summed E-state index contributed by atoms with van der Waals surface area (Å²) in [4.78, 5) is 16.3. The lowest BCUT2D eigenvalue weighted by atomic mass is 10.1. The summed E-state index contributed by atoms with van der Waals surface area (Å²) in [6, 6.07) is 16.4. The molecule has 2 N–H and O–H groups in total. The van der Waals surface area contributed by atoms with Crippen molar-refractivity contribution in [2.45, 2.75) is 12.8 Å². The van der Waals surface area contributed by atoms with Gasteiger partial charge in [0.1, 0.15) is 11.5 Å². The molecule has 8 heteroatoms. The molecule has 0 atom stereocenters. The minimum Gasteiger partial charge on any atom is -0.457 e. The van der Waals surface area contributed by atoms with Crippen molar-refractivity contribution in [3.63, 3.8) is 0 Å². The molecule has 0 aliphatic carbocycles. The number of rotatable bonds is 8. The number of hydrogen-bond donors (Lipinski definition) is 2. The number of amides is 1. The Hall–Kier alpha value is -3.49. The van der Waals surface area contributed by atoms with Crippen LogP contribution in [0.5, 0.6) is 11.5 Å². The Kier molecular flexibility index (Phi) is 13.1. The van der Waals surface area contributed by atoms with E-state index in [4.69, 9.17) is 9.84 Å². The number of halogens is 2. The lowest BCUT2D eigenvalue weighted by Crippen LogP contribution is -2.25. The third-order valence-electron chi connectivity index (χ3n) is 4.64. The number of nitrogens with zero attached hydrogens (tertiary/aromatic N) is 1. The van der Waals surface area contributed by atoms with Gasteiger partial charge in [0, 0.05) is 30.5 Å². The first kappa shape index (κ1) is 30.5. The summed E-state index contributed by atoms with van der Waals surface area (Å²) >= 11 is 1.75. The fraction of sp³-hybridized carbons (Fsp3) is 0.214. The molecule has 0 spiro atoms. The zero-order valence-electron chi connectivity index (χ0n) is 20.9. The number of carbonyl (C=O) groups is 1. The highest BCUT2D eigenvalue weighted by atomic mass is 32.2. The van der Waals surface area contributed by atoms with E-state index in [-0.39, 0.29) is 18.0 Å². The predicted octanol–water partition coefficient (Wildman–Crippen LogP) is 6.83. The van der Waals surface area contributed by atoms with E-state index in [1.807, 2.05) is 18.6 Å². The van der Waals surface area contributed by atoms with Crippen molar-refractivity contribution in [1.29, 1.82) is 0 Å². The van der Waals surface area contributed by atoms with Gasteiger partial charge in [0.05, 0.1) is 12.2 Å². The molecule has 36 heavy (non-hydrogen) atoms. The second kappa shape index (κ2) is 15.5. The molecule has 5 nitrogen and oxygen atoms in total. The van der Waals surface area contributed by atoms with Gasteiger partial charge in [-0.2, -0.15) is 11.8 Å². The quantitative estimate of drug-likeness (QED) is 0.255. The molecule has 3 aromatic carbocycles. The molecule has 0 aromatic heterocycles. The summed E-state index contributed by atoms with van der Waals surface area (Å²) in [6.45, 7) is 8.15. The predicted molar refractivity (Wildman–Crippen MR) is 148 cm³/mol. The SMILES string of the molecule is C=C/C=C(/CNC(=O)c1ccc2c(Oc3ccc(C(C)(F)F)cc3)cccc2c1)N=C.CO.CSC. The number of allylic oxidation sites excluding steroid dienone is 2. The maximum absolute atomic E-state index is 13.4. The maximum atomic E-state index is 13.4. The van der Waals surface area contributed by atoms with Gasteiger partial charge in [-0.05, 0) is 79.2 Å². The van der Waals surface area contributed by atoms with Gasteiger partial charge in [0.2, 0.25) is 0 Å². The molecule has 0 radical (unpaired) electrons. The monoisotopic (exact) mass is 514 g/mol. The largest absolute Gasteiger partial charge is 0.457 e. The fourth-order valence-electron chi connectivity index (χ4n) is 3.00. The smallest absolute Gasteiger partial charge is 0.270 e. The number of alkyl halides is 2. The van der Waals surface area contributed by atoms with Gasteiger partial charge in [-0.3, -0.25) is 9.79 Å². The average molecular weight is 515 g/mol. The number of ether oxygens (including phenoxy) is 1. The van der Waals surface area contributed by atoms with Crippen molar-refractivity contribution in [1.82, 2.24) is 5.32 Å². The fourth-order valence-corrected chi connectivity index (χ4v) is 3.00. The van der Waals surface area contributed by atoms with Crippen LogP contribution in [0.15, 0.2) is 90.1 Å². The first-order chi connectivity index (χ1) is 17.2. The van der Waals surface area contributed by atoms with Crippen molar-refractivity contribution in [3.8, 4) is 11.5 Å². The Labute approximate surface area is 215 Å². The summed E-state index contributed by atoms with van der Waals surface area (Å²) < 4.78 is 32.7. The molecule has 0 saturated heterocycles. The van der Waals surface area contributed by atoms with Crippen LogP contribution in [0, 0.1) is 0 Å². The Morgan fingerprint density at radius 3 is 2.33 bits per heavy atom. The average Bonchev–Trinajstić information content (AvgIpc) is 2.87. The second-order valence-corrected chi connectivity index (χ2v) is 8.17. The minimum atomic E-state index is -2.90. The van der Waals surface area contributed by atoms with Crippen LogP contribution < -0.4 is 10.1 Å². The van der Waals surface area contributed by atoms with Gasteiger partial charge in [-0.1, -0.05) is 24.8 Å². The summed E-state index contributed by atoms with van der Waals surface area (Å²) in [5.74, 6) is -2.14. The molecule has 0 saturated carbocycles. The molecule has 0 aliphatic heterocycles. The highest BCUT2D eigenvalue weighted by Gasteiger charge is 2.23. The molecular formula is C28H32F2N2O3S. The summed E-state index contributed by atoms with van der Waals surface area (Å²) in [5, 5.41) is 11.4. The van der Waals surface area contributed by atoms with E-state index in [1.165, 1.54) is 24.3 Å². The van der Waals surface area contributed by atoms with E-state index in [1.54, 1.807) is 54.2 Å². The van der Waals surface area contributed by atoms with Gasteiger partial charge in [-0.25, -0.2) is 8.78 Å². The number of nitrogens with one attached hydrogen (secondary N) is 1. The second-order valence-electron chi connectivity index (χ2n) is 7.35. The Morgan fingerprint density at radius 1 is 1.14 bits per heavy atom. The summed E-state index contributed by atoms with van der Waals surface area (Å²) in [7, 11) is 1.00. The minimum absolute atomic E-state index is 0.0776.